The average Bonchev–Trinajstić information content (AvgIpc) is 3.50. The molecule has 1 aliphatic rings. The van der Waals surface area contributed by atoms with E-state index in [1.807, 2.05) is 42.6 Å². The van der Waals surface area contributed by atoms with Crippen molar-refractivity contribution in [2.45, 2.75) is 5.41 Å². The molecule has 0 fully saturated rings. The predicted octanol–water partition coefficient (Wildman–Crippen LogP) is 10.3. The van der Waals surface area contributed by atoms with Gasteiger partial charge in [-0.2, -0.15) is 0 Å². The van der Waals surface area contributed by atoms with Gasteiger partial charge in [-0.1, -0.05) is 158 Å². The Hall–Kier alpha value is -6.52. The van der Waals surface area contributed by atoms with Gasteiger partial charge in [0.1, 0.15) is 0 Å². The summed E-state index contributed by atoms with van der Waals surface area (Å²) in [5.74, 6) is 1.89. The minimum absolute atomic E-state index is 0.509. The van der Waals surface area contributed by atoms with Gasteiger partial charge in [0.2, 0.25) is 0 Å². The number of nitrogens with zero attached hydrogens (tertiary/aromatic N) is 4. The lowest BCUT2D eigenvalue weighted by molar-refractivity contribution is 0.768. The van der Waals surface area contributed by atoms with Gasteiger partial charge in [-0.15, -0.1) is 0 Å². The lowest BCUT2D eigenvalue weighted by Gasteiger charge is -2.34. The van der Waals surface area contributed by atoms with E-state index in [1.165, 1.54) is 27.8 Å². The molecule has 2 heterocycles. The van der Waals surface area contributed by atoms with E-state index in [0.29, 0.717) is 17.5 Å². The number of hydrogen-bond donors (Lipinski definition) is 0. The van der Waals surface area contributed by atoms with Crippen molar-refractivity contribution >= 4 is 0 Å². The smallest absolute Gasteiger partial charge is 0.164 e. The Morgan fingerprint density at radius 3 is 1.47 bits per heavy atom. The van der Waals surface area contributed by atoms with Gasteiger partial charge < -0.3 is 0 Å². The summed E-state index contributed by atoms with van der Waals surface area (Å²) < 4.78 is 0. The number of rotatable bonds is 6. The Balaban J connectivity index is 1.23. The summed E-state index contributed by atoms with van der Waals surface area (Å²) in [5.41, 5.74) is 11.9. The Morgan fingerprint density at radius 1 is 0.347 bits per heavy atom. The summed E-state index contributed by atoms with van der Waals surface area (Å²) >= 11 is 0. The van der Waals surface area contributed by atoms with E-state index < -0.39 is 5.41 Å². The molecule has 0 saturated heterocycles. The highest BCUT2D eigenvalue weighted by Crippen LogP contribution is 2.56. The van der Waals surface area contributed by atoms with E-state index in [4.69, 9.17) is 15.0 Å². The highest BCUT2D eigenvalue weighted by atomic mass is 15.0. The normalized spacial score (nSPS) is 12.7. The lowest BCUT2D eigenvalue weighted by atomic mass is 9.67. The Labute approximate surface area is 285 Å². The van der Waals surface area contributed by atoms with E-state index in [1.54, 1.807) is 6.20 Å². The molecule has 230 valence electrons. The monoisotopic (exact) mass is 626 g/mol. The second-order valence-corrected chi connectivity index (χ2v) is 12.3. The molecule has 0 unspecified atom stereocenters. The third-order valence-corrected chi connectivity index (χ3v) is 9.52. The zero-order valence-corrected chi connectivity index (χ0v) is 26.6. The van der Waals surface area contributed by atoms with Crippen LogP contribution in [0.25, 0.3) is 56.4 Å². The molecule has 4 heteroatoms. The van der Waals surface area contributed by atoms with Crippen molar-refractivity contribution in [2.24, 2.45) is 0 Å². The molecule has 0 radical (unpaired) electrons. The lowest BCUT2D eigenvalue weighted by Crippen LogP contribution is -2.28. The number of benzene rings is 6. The number of pyridine rings is 1. The molecule has 0 saturated carbocycles. The molecule has 0 atom stereocenters. The summed E-state index contributed by atoms with van der Waals surface area (Å²) in [6.07, 6.45) is 3.66. The van der Waals surface area contributed by atoms with Gasteiger partial charge in [-0.3, -0.25) is 4.98 Å². The van der Waals surface area contributed by atoms with Crippen LogP contribution in [0.1, 0.15) is 22.3 Å². The molecular formula is C45H30N4. The fourth-order valence-corrected chi connectivity index (χ4v) is 7.30. The quantitative estimate of drug-likeness (QED) is 0.184. The first-order chi connectivity index (χ1) is 24.3. The van der Waals surface area contributed by atoms with Gasteiger partial charge in [0.15, 0.2) is 17.5 Å². The molecule has 8 aromatic rings. The van der Waals surface area contributed by atoms with Crippen LogP contribution in [0, 0.1) is 0 Å². The van der Waals surface area contributed by atoms with Crippen molar-refractivity contribution in [3.63, 3.8) is 0 Å². The van der Waals surface area contributed by atoms with Crippen molar-refractivity contribution in [1.29, 1.82) is 0 Å². The molecule has 1 aliphatic carbocycles. The maximum atomic E-state index is 5.12. The zero-order valence-electron chi connectivity index (χ0n) is 26.6. The molecule has 0 aliphatic heterocycles. The van der Waals surface area contributed by atoms with Gasteiger partial charge in [0.25, 0.3) is 0 Å². The van der Waals surface area contributed by atoms with Gasteiger partial charge in [-0.25, -0.2) is 15.0 Å². The van der Waals surface area contributed by atoms with Gasteiger partial charge in [-0.05, 0) is 56.6 Å². The Kier molecular flexibility index (Phi) is 6.98. The maximum absolute atomic E-state index is 5.12. The third-order valence-electron chi connectivity index (χ3n) is 9.52. The van der Waals surface area contributed by atoms with Crippen LogP contribution in [0.4, 0.5) is 0 Å². The van der Waals surface area contributed by atoms with Crippen LogP contribution in [-0.2, 0) is 5.41 Å². The van der Waals surface area contributed by atoms with E-state index in [-0.39, 0.29) is 0 Å². The SMILES string of the molecule is c1ccc(-c2nc(-c3ccc(-c4cccnc4)cc3)nc(-c3cccc(C4(c5ccccc5)c5ccccc5-c5ccccc54)c3)n2)cc1. The number of hydrogen-bond acceptors (Lipinski definition) is 4. The van der Waals surface area contributed by atoms with Crippen LogP contribution in [-0.4, -0.2) is 19.9 Å². The first-order valence-corrected chi connectivity index (χ1v) is 16.5. The molecule has 6 aromatic carbocycles. The van der Waals surface area contributed by atoms with E-state index in [9.17, 15) is 0 Å². The third kappa shape index (κ3) is 4.85. The number of aromatic nitrogens is 4. The van der Waals surface area contributed by atoms with E-state index >= 15 is 0 Å². The molecule has 0 amide bonds. The van der Waals surface area contributed by atoms with Crippen molar-refractivity contribution in [1.82, 2.24) is 19.9 Å². The van der Waals surface area contributed by atoms with Crippen LogP contribution in [0.2, 0.25) is 0 Å². The van der Waals surface area contributed by atoms with Gasteiger partial charge in [0.05, 0.1) is 5.41 Å². The van der Waals surface area contributed by atoms with Crippen LogP contribution in [0.15, 0.2) is 182 Å². The minimum atomic E-state index is -0.509. The van der Waals surface area contributed by atoms with Crippen molar-refractivity contribution in [3.8, 4) is 56.4 Å². The second kappa shape index (κ2) is 11.9. The molecule has 9 rings (SSSR count). The summed E-state index contributed by atoms with van der Waals surface area (Å²) in [6, 6.07) is 59.7. The molecule has 0 N–H and O–H groups in total. The molecule has 4 nitrogen and oxygen atoms in total. The molecular weight excluding hydrogens is 597 g/mol. The van der Waals surface area contributed by atoms with Crippen LogP contribution in [0.5, 0.6) is 0 Å². The molecule has 0 bridgehead atoms. The molecule has 0 spiro atoms. The molecule has 2 aromatic heterocycles. The van der Waals surface area contributed by atoms with Gasteiger partial charge in [0, 0.05) is 29.1 Å². The average molecular weight is 627 g/mol. The van der Waals surface area contributed by atoms with Crippen LogP contribution in [0.3, 0.4) is 0 Å². The first-order valence-electron chi connectivity index (χ1n) is 16.5. The summed E-state index contributed by atoms with van der Waals surface area (Å²) in [6.45, 7) is 0. The summed E-state index contributed by atoms with van der Waals surface area (Å²) in [4.78, 5) is 19.5. The fourth-order valence-electron chi connectivity index (χ4n) is 7.30. The highest BCUT2D eigenvalue weighted by molar-refractivity contribution is 5.86. The molecule has 49 heavy (non-hydrogen) atoms. The standard InChI is InChI=1S/C45H30N4/c1-3-13-32(14-4-1)42-47-43(33-26-24-31(25-27-33)35-16-12-28-46-30-35)49-44(48-42)34-15-11-19-37(29-34)45(36-17-5-2-6-18-36)40-22-9-7-20-38(40)39-21-8-10-23-41(39)45/h1-30H. The van der Waals surface area contributed by atoms with Gasteiger partial charge >= 0.3 is 0 Å². The zero-order chi connectivity index (χ0) is 32.6. The topological polar surface area (TPSA) is 51.6 Å². The summed E-state index contributed by atoms with van der Waals surface area (Å²) in [5, 5.41) is 0. The van der Waals surface area contributed by atoms with Crippen molar-refractivity contribution in [3.05, 3.63) is 205 Å². The first kappa shape index (κ1) is 28.7. The number of fused-ring (bicyclic) bond motifs is 3. The van der Waals surface area contributed by atoms with Crippen molar-refractivity contribution < 1.29 is 0 Å². The summed E-state index contributed by atoms with van der Waals surface area (Å²) in [7, 11) is 0. The van der Waals surface area contributed by atoms with Crippen LogP contribution >= 0.6 is 0 Å². The maximum Gasteiger partial charge on any atom is 0.164 e. The Bertz CT molecular complexity index is 2380. The second-order valence-electron chi connectivity index (χ2n) is 12.3. The largest absolute Gasteiger partial charge is 0.264 e. The Morgan fingerprint density at radius 2 is 0.837 bits per heavy atom. The highest BCUT2D eigenvalue weighted by Gasteiger charge is 2.45. The van der Waals surface area contributed by atoms with E-state index in [2.05, 4.69) is 138 Å². The van der Waals surface area contributed by atoms with Crippen molar-refractivity contribution in [2.75, 3.05) is 0 Å². The predicted molar refractivity (Wildman–Crippen MR) is 197 cm³/mol. The van der Waals surface area contributed by atoms with E-state index in [0.717, 1.165) is 33.4 Å². The minimum Gasteiger partial charge on any atom is -0.264 e. The van der Waals surface area contributed by atoms with Crippen LogP contribution < -0.4 is 0 Å². The fraction of sp³-hybridized carbons (Fsp3) is 0.0222.